The van der Waals surface area contributed by atoms with Gasteiger partial charge < -0.3 is 5.32 Å². The van der Waals surface area contributed by atoms with Gasteiger partial charge in [0.2, 0.25) is 5.91 Å². The number of carbonyl (C=O) groups is 1. The molecular formula is C17H18N2O3S. The predicted octanol–water partition coefficient (Wildman–Crippen LogP) is 2.60. The van der Waals surface area contributed by atoms with Crippen LogP contribution in [0.1, 0.15) is 11.1 Å². The molecule has 0 bridgehead atoms. The minimum Gasteiger partial charge on any atom is -0.348 e. The number of sulfonamides is 1. The average molecular weight is 330 g/mol. The monoisotopic (exact) mass is 330 g/mol. The molecule has 0 saturated heterocycles. The summed E-state index contributed by atoms with van der Waals surface area (Å²) < 4.78 is 27.4. The second-order valence-corrected chi connectivity index (χ2v) is 6.68. The third-order valence-corrected chi connectivity index (χ3v) is 4.61. The molecular weight excluding hydrogens is 312 g/mol. The first-order valence-electron chi connectivity index (χ1n) is 7.00. The Balaban J connectivity index is 2.23. The standard InChI is InChI=1S/C17H18N2O3S/c1-3-17(20)18-12-14-6-4-5-7-16(14)19-23(21,22)15-10-8-13(2)9-11-15/h3-11,19H,1,12H2,2H3,(H,18,20). The lowest BCUT2D eigenvalue weighted by atomic mass is 10.2. The smallest absolute Gasteiger partial charge is 0.261 e. The van der Waals surface area contributed by atoms with Gasteiger partial charge in [0.25, 0.3) is 10.0 Å². The maximum Gasteiger partial charge on any atom is 0.261 e. The van der Waals surface area contributed by atoms with Crippen molar-refractivity contribution in [1.82, 2.24) is 5.32 Å². The van der Waals surface area contributed by atoms with Crippen LogP contribution in [0.3, 0.4) is 0 Å². The molecule has 0 aliphatic carbocycles. The molecule has 5 nitrogen and oxygen atoms in total. The van der Waals surface area contributed by atoms with Gasteiger partial charge in [0, 0.05) is 6.54 Å². The molecule has 0 atom stereocenters. The number of rotatable bonds is 6. The summed E-state index contributed by atoms with van der Waals surface area (Å²) in [5, 5.41) is 2.63. The molecule has 0 spiro atoms. The van der Waals surface area contributed by atoms with E-state index in [4.69, 9.17) is 0 Å². The fourth-order valence-corrected chi connectivity index (χ4v) is 3.05. The van der Waals surface area contributed by atoms with Crippen molar-refractivity contribution in [3.63, 3.8) is 0 Å². The summed E-state index contributed by atoms with van der Waals surface area (Å²) in [5.41, 5.74) is 2.08. The van der Waals surface area contributed by atoms with Crippen molar-refractivity contribution in [2.24, 2.45) is 0 Å². The molecule has 2 aromatic carbocycles. The van der Waals surface area contributed by atoms with E-state index in [0.717, 1.165) is 5.56 Å². The van der Waals surface area contributed by atoms with Crippen LogP contribution in [0.5, 0.6) is 0 Å². The van der Waals surface area contributed by atoms with Crippen molar-refractivity contribution >= 4 is 21.6 Å². The average Bonchev–Trinajstić information content (AvgIpc) is 2.53. The van der Waals surface area contributed by atoms with Crippen molar-refractivity contribution in [2.75, 3.05) is 4.72 Å². The molecule has 120 valence electrons. The van der Waals surface area contributed by atoms with Crippen LogP contribution in [0, 0.1) is 6.92 Å². The number of hydrogen-bond donors (Lipinski definition) is 2. The highest BCUT2D eigenvalue weighted by Gasteiger charge is 2.15. The van der Waals surface area contributed by atoms with E-state index < -0.39 is 10.0 Å². The van der Waals surface area contributed by atoms with E-state index >= 15 is 0 Å². The second-order valence-electron chi connectivity index (χ2n) is 5.00. The lowest BCUT2D eigenvalue weighted by Gasteiger charge is -2.13. The highest BCUT2D eigenvalue weighted by Crippen LogP contribution is 2.20. The van der Waals surface area contributed by atoms with Gasteiger partial charge in [-0.3, -0.25) is 9.52 Å². The van der Waals surface area contributed by atoms with Crippen LogP contribution in [0.2, 0.25) is 0 Å². The maximum atomic E-state index is 12.4. The predicted molar refractivity (Wildman–Crippen MR) is 90.5 cm³/mol. The summed E-state index contributed by atoms with van der Waals surface area (Å²) in [4.78, 5) is 11.5. The van der Waals surface area contributed by atoms with E-state index in [-0.39, 0.29) is 17.3 Å². The highest BCUT2D eigenvalue weighted by atomic mass is 32.2. The Bertz CT molecular complexity index is 812. The molecule has 23 heavy (non-hydrogen) atoms. The Morgan fingerprint density at radius 3 is 2.43 bits per heavy atom. The minimum absolute atomic E-state index is 0.188. The van der Waals surface area contributed by atoms with E-state index in [0.29, 0.717) is 11.3 Å². The van der Waals surface area contributed by atoms with Gasteiger partial charge in [0.1, 0.15) is 0 Å². The Morgan fingerprint density at radius 1 is 1.13 bits per heavy atom. The second kappa shape index (κ2) is 7.11. The summed E-state index contributed by atoms with van der Waals surface area (Å²) >= 11 is 0. The summed E-state index contributed by atoms with van der Waals surface area (Å²) in [6, 6.07) is 13.5. The van der Waals surface area contributed by atoms with Crippen LogP contribution in [-0.4, -0.2) is 14.3 Å². The molecule has 1 amide bonds. The lowest BCUT2D eigenvalue weighted by Crippen LogP contribution is -2.21. The largest absolute Gasteiger partial charge is 0.348 e. The van der Waals surface area contributed by atoms with Gasteiger partial charge in [0.05, 0.1) is 10.6 Å². The SMILES string of the molecule is C=CC(=O)NCc1ccccc1NS(=O)(=O)c1ccc(C)cc1. The van der Waals surface area contributed by atoms with Crippen molar-refractivity contribution in [1.29, 1.82) is 0 Å². The van der Waals surface area contributed by atoms with Gasteiger partial charge in [-0.05, 0) is 36.8 Å². The van der Waals surface area contributed by atoms with E-state index in [9.17, 15) is 13.2 Å². The Labute approximate surface area is 136 Å². The fourth-order valence-electron chi connectivity index (χ4n) is 1.95. The number of carbonyl (C=O) groups excluding carboxylic acids is 1. The van der Waals surface area contributed by atoms with Crippen LogP contribution >= 0.6 is 0 Å². The Kier molecular flexibility index (Phi) is 5.18. The van der Waals surface area contributed by atoms with Crippen LogP contribution < -0.4 is 10.0 Å². The van der Waals surface area contributed by atoms with Gasteiger partial charge in [-0.1, -0.05) is 42.5 Å². The number of aryl methyl sites for hydroxylation is 1. The van der Waals surface area contributed by atoms with E-state index in [1.165, 1.54) is 6.08 Å². The quantitative estimate of drug-likeness (QED) is 0.800. The zero-order valence-corrected chi connectivity index (χ0v) is 13.6. The minimum atomic E-state index is -3.68. The molecule has 0 unspecified atom stereocenters. The van der Waals surface area contributed by atoms with Gasteiger partial charge >= 0.3 is 0 Å². The van der Waals surface area contributed by atoms with Crippen LogP contribution in [0.15, 0.2) is 66.1 Å². The molecule has 0 heterocycles. The third-order valence-electron chi connectivity index (χ3n) is 3.23. The zero-order chi connectivity index (χ0) is 16.9. The van der Waals surface area contributed by atoms with Gasteiger partial charge in [-0.25, -0.2) is 8.42 Å². The topological polar surface area (TPSA) is 75.3 Å². The number of amides is 1. The van der Waals surface area contributed by atoms with Crippen LogP contribution in [0.4, 0.5) is 5.69 Å². The Hall–Kier alpha value is -2.60. The molecule has 0 saturated carbocycles. The Morgan fingerprint density at radius 2 is 1.78 bits per heavy atom. The number of anilines is 1. The molecule has 2 aromatic rings. The first-order chi connectivity index (χ1) is 10.9. The number of hydrogen-bond acceptors (Lipinski definition) is 3. The van der Waals surface area contributed by atoms with Crippen molar-refractivity contribution in [3.05, 3.63) is 72.3 Å². The summed E-state index contributed by atoms with van der Waals surface area (Å²) in [5.74, 6) is -0.318. The normalized spacial score (nSPS) is 10.8. The molecule has 2 rings (SSSR count). The van der Waals surface area contributed by atoms with Gasteiger partial charge in [-0.15, -0.1) is 0 Å². The van der Waals surface area contributed by atoms with Crippen molar-refractivity contribution in [2.45, 2.75) is 18.4 Å². The molecule has 6 heteroatoms. The number of para-hydroxylation sites is 1. The highest BCUT2D eigenvalue weighted by molar-refractivity contribution is 7.92. The molecule has 0 aromatic heterocycles. The molecule has 0 aliphatic heterocycles. The van der Waals surface area contributed by atoms with E-state index in [2.05, 4.69) is 16.6 Å². The van der Waals surface area contributed by atoms with E-state index in [1.807, 2.05) is 6.92 Å². The first kappa shape index (κ1) is 16.8. The summed E-state index contributed by atoms with van der Waals surface area (Å²) in [6.07, 6.45) is 1.17. The number of benzene rings is 2. The molecule has 0 fully saturated rings. The maximum absolute atomic E-state index is 12.4. The van der Waals surface area contributed by atoms with Crippen molar-refractivity contribution in [3.8, 4) is 0 Å². The third kappa shape index (κ3) is 4.43. The molecule has 0 aliphatic rings. The number of nitrogens with one attached hydrogen (secondary N) is 2. The molecule has 2 N–H and O–H groups in total. The van der Waals surface area contributed by atoms with Crippen LogP contribution in [-0.2, 0) is 21.4 Å². The fraction of sp³-hybridized carbons (Fsp3) is 0.118. The lowest BCUT2D eigenvalue weighted by molar-refractivity contribution is -0.116. The molecule has 0 radical (unpaired) electrons. The zero-order valence-electron chi connectivity index (χ0n) is 12.7. The summed E-state index contributed by atoms with van der Waals surface area (Å²) in [6.45, 7) is 5.47. The van der Waals surface area contributed by atoms with Crippen LogP contribution in [0.25, 0.3) is 0 Å². The van der Waals surface area contributed by atoms with Gasteiger partial charge in [0.15, 0.2) is 0 Å². The summed E-state index contributed by atoms with van der Waals surface area (Å²) in [7, 11) is -3.68. The van der Waals surface area contributed by atoms with Gasteiger partial charge in [-0.2, -0.15) is 0 Å². The first-order valence-corrected chi connectivity index (χ1v) is 8.48. The van der Waals surface area contributed by atoms with E-state index in [1.54, 1.807) is 48.5 Å². The van der Waals surface area contributed by atoms with Crippen molar-refractivity contribution < 1.29 is 13.2 Å².